The SMILES string of the molecule is CC(=O)Nc1ccc(C(=O)COC(=O)[C@H](C)N2C(=O)[C@H]3CC=CC[C@@H]3C2=O)c(F)c1. The number of halogens is 1. The lowest BCUT2D eigenvalue weighted by atomic mass is 9.85. The Morgan fingerprint density at radius 2 is 1.77 bits per heavy atom. The number of imide groups is 1. The Hall–Kier alpha value is -3.36. The molecule has 1 aliphatic heterocycles. The van der Waals surface area contributed by atoms with Gasteiger partial charge < -0.3 is 10.1 Å². The smallest absolute Gasteiger partial charge is 0.329 e. The van der Waals surface area contributed by atoms with Gasteiger partial charge in [0, 0.05) is 12.6 Å². The number of benzene rings is 1. The molecular formula is C21H21FN2O6. The Labute approximate surface area is 172 Å². The van der Waals surface area contributed by atoms with Crippen LogP contribution in [0.5, 0.6) is 0 Å². The van der Waals surface area contributed by atoms with Crippen LogP contribution in [0.25, 0.3) is 0 Å². The standard InChI is InChI=1S/C21H21FN2O6/c1-11(24-19(27)14-5-3-4-6-15(14)20(24)28)21(29)30-10-18(26)16-8-7-13(9-17(16)22)23-12(2)25/h3-4,7-9,11,14-15H,5-6,10H2,1-2H3,(H,23,25)/t11-,14-,15-/m0/s1. The highest BCUT2D eigenvalue weighted by molar-refractivity contribution is 6.08. The van der Waals surface area contributed by atoms with Gasteiger partial charge in [-0.25, -0.2) is 9.18 Å². The molecule has 1 aliphatic carbocycles. The first kappa shape index (κ1) is 21.4. The van der Waals surface area contributed by atoms with Gasteiger partial charge >= 0.3 is 5.97 Å². The summed E-state index contributed by atoms with van der Waals surface area (Å²) in [6.45, 7) is 1.87. The number of carbonyl (C=O) groups excluding carboxylic acids is 5. The van der Waals surface area contributed by atoms with E-state index >= 15 is 0 Å². The highest BCUT2D eigenvalue weighted by Gasteiger charge is 2.50. The number of rotatable bonds is 6. The van der Waals surface area contributed by atoms with Gasteiger partial charge in [-0.2, -0.15) is 0 Å². The van der Waals surface area contributed by atoms with Crippen LogP contribution in [-0.4, -0.2) is 47.0 Å². The summed E-state index contributed by atoms with van der Waals surface area (Å²) in [7, 11) is 0. The number of ketones is 1. The van der Waals surface area contributed by atoms with Crippen LogP contribution in [0.15, 0.2) is 30.4 Å². The predicted molar refractivity (Wildman–Crippen MR) is 103 cm³/mol. The third-order valence-electron chi connectivity index (χ3n) is 5.21. The third kappa shape index (κ3) is 4.14. The van der Waals surface area contributed by atoms with Gasteiger partial charge in [-0.3, -0.25) is 24.1 Å². The lowest BCUT2D eigenvalue weighted by Crippen LogP contribution is -2.44. The molecule has 3 amide bonds. The average Bonchev–Trinajstić information content (AvgIpc) is 2.95. The van der Waals surface area contributed by atoms with Crippen molar-refractivity contribution in [2.75, 3.05) is 11.9 Å². The van der Waals surface area contributed by atoms with E-state index in [1.807, 2.05) is 12.2 Å². The molecule has 0 spiro atoms. The van der Waals surface area contributed by atoms with E-state index in [2.05, 4.69) is 5.32 Å². The van der Waals surface area contributed by atoms with Crippen molar-refractivity contribution < 1.29 is 33.1 Å². The van der Waals surface area contributed by atoms with Gasteiger partial charge in [0.15, 0.2) is 6.61 Å². The second-order valence-electron chi connectivity index (χ2n) is 7.28. The first-order valence-electron chi connectivity index (χ1n) is 9.49. The van der Waals surface area contributed by atoms with Crippen LogP contribution >= 0.6 is 0 Å². The molecule has 158 valence electrons. The summed E-state index contributed by atoms with van der Waals surface area (Å²) in [6.07, 6.45) is 4.56. The average molecular weight is 416 g/mol. The zero-order valence-corrected chi connectivity index (χ0v) is 16.5. The number of amides is 3. The summed E-state index contributed by atoms with van der Waals surface area (Å²) < 4.78 is 19.1. The third-order valence-corrected chi connectivity index (χ3v) is 5.21. The molecule has 1 aromatic carbocycles. The van der Waals surface area contributed by atoms with Gasteiger partial charge in [-0.05, 0) is 38.0 Å². The number of carbonyl (C=O) groups is 5. The van der Waals surface area contributed by atoms with E-state index in [-0.39, 0.29) is 11.3 Å². The summed E-state index contributed by atoms with van der Waals surface area (Å²) in [5.74, 6) is -4.79. The lowest BCUT2D eigenvalue weighted by molar-refractivity contribution is -0.157. The maximum Gasteiger partial charge on any atom is 0.329 e. The van der Waals surface area contributed by atoms with E-state index in [1.54, 1.807) is 0 Å². The number of likely N-dealkylation sites (tertiary alicyclic amines) is 1. The quantitative estimate of drug-likeness (QED) is 0.328. The number of ether oxygens (including phenoxy) is 1. The Bertz CT molecular complexity index is 931. The molecular weight excluding hydrogens is 395 g/mol. The molecule has 1 N–H and O–H groups in total. The Morgan fingerprint density at radius 3 is 2.30 bits per heavy atom. The zero-order chi connectivity index (χ0) is 22.0. The van der Waals surface area contributed by atoms with Crippen LogP contribution in [0, 0.1) is 17.7 Å². The minimum atomic E-state index is -1.18. The molecule has 9 heteroatoms. The molecule has 0 bridgehead atoms. The summed E-state index contributed by atoms with van der Waals surface area (Å²) in [6, 6.07) is 2.32. The molecule has 1 aromatic rings. The number of hydrogen-bond donors (Lipinski definition) is 1. The Kier molecular flexibility index (Phi) is 6.09. The van der Waals surface area contributed by atoms with Crippen molar-refractivity contribution in [2.45, 2.75) is 32.7 Å². The molecule has 30 heavy (non-hydrogen) atoms. The van der Waals surface area contributed by atoms with Gasteiger partial charge in [0.2, 0.25) is 23.5 Å². The van der Waals surface area contributed by atoms with Crippen molar-refractivity contribution in [3.05, 3.63) is 41.7 Å². The second-order valence-corrected chi connectivity index (χ2v) is 7.28. The second kappa shape index (κ2) is 8.56. The molecule has 3 atom stereocenters. The van der Waals surface area contributed by atoms with Gasteiger partial charge in [0.1, 0.15) is 11.9 Å². The largest absolute Gasteiger partial charge is 0.456 e. The number of fused-ring (bicyclic) bond motifs is 1. The first-order valence-corrected chi connectivity index (χ1v) is 9.49. The summed E-state index contributed by atoms with van der Waals surface area (Å²) >= 11 is 0. The molecule has 0 unspecified atom stereocenters. The van der Waals surface area contributed by atoms with Gasteiger partial charge in [-0.15, -0.1) is 0 Å². The highest BCUT2D eigenvalue weighted by atomic mass is 19.1. The van der Waals surface area contributed by atoms with Crippen molar-refractivity contribution in [1.29, 1.82) is 0 Å². The van der Waals surface area contributed by atoms with Crippen molar-refractivity contribution >= 4 is 35.2 Å². The maximum absolute atomic E-state index is 14.1. The number of allylic oxidation sites excluding steroid dienone is 2. The lowest BCUT2D eigenvalue weighted by Gasteiger charge is -2.21. The van der Waals surface area contributed by atoms with Gasteiger partial charge in [0.05, 0.1) is 17.4 Å². The van der Waals surface area contributed by atoms with E-state index in [4.69, 9.17) is 4.74 Å². The number of nitrogens with one attached hydrogen (secondary N) is 1. The number of Topliss-reactive ketones (excluding diaryl/α,β-unsaturated/α-hetero) is 1. The minimum absolute atomic E-state index is 0.184. The van der Waals surface area contributed by atoms with Crippen LogP contribution in [0.2, 0.25) is 0 Å². The number of esters is 1. The van der Waals surface area contributed by atoms with E-state index in [0.717, 1.165) is 11.0 Å². The molecule has 1 heterocycles. The van der Waals surface area contributed by atoms with Crippen LogP contribution in [-0.2, 0) is 23.9 Å². The fourth-order valence-corrected chi connectivity index (χ4v) is 3.67. The molecule has 1 fully saturated rings. The van der Waals surface area contributed by atoms with Crippen molar-refractivity contribution in [2.24, 2.45) is 11.8 Å². The Balaban J connectivity index is 1.61. The fourth-order valence-electron chi connectivity index (χ4n) is 3.67. The predicted octanol–water partition coefficient (Wildman–Crippen LogP) is 1.85. The first-order chi connectivity index (χ1) is 14.2. The van der Waals surface area contributed by atoms with Crippen LogP contribution in [0.1, 0.15) is 37.0 Å². The van der Waals surface area contributed by atoms with Crippen molar-refractivity contribution in [3.8, 4) is 0 Å². The van der Waals surface area contributed by atoms with E-state index < -0.39 is 59.8 Å². The molecule has 0 saturated carbocycles. The molecule has 8 nitrogen and oxygen atoms in total. The molecule has 0 radical (unpaired) electrons. The number of anilines is 1. The molecule has 0 aromatic heterocycles. The van der Waals surface area contributed by atoms with Crippen LogP contribution in [0.3, 0.4) is 0 Å². The Morgan fingerprint density at radius 1 is 1.17 bits per heavy atom. The zero-order valence-electron chi connectivity index (χ0n) is 16.5. The van der Waals surface area contributed by atoms with E-state index in [0.29, 0.717) is 12.8 Å². The van der Waals surface area contributed by atoms with Gasteiger partial charge in [-0.1, -0.05) is 12.2 Å². The number of nitrogens with zero attached hydrogens (tertiary/aromatic N) is 1. The van der Waals surface area contributed by atoms with Crippen LogP contribution < -0.4 is 5.32 Å². The van der Waals surface area contributed by atoms with Gasteiger partial charge in [0.25, 0.3) is 0 Å². The van der Waals surface area contributed by atoms with Crippen LogP contribution in [0.4, 0.5) is 10.1 Å². The summed E-state index contributed by atoms with van der Waals surface area (Å²) in [5, 5.41) is 2.39. The normalized spacial score (nSPS) is 21.2. The van der Waals surface area contributed by atoms with E-state index in [9.17, 15) is 28.4 Å². The maximum atomic E-state index is 14.1. The summed E-state index contributed by atoms with van der Waals surface area (Å²) in [5.41, 5.74) is -0.126. The molecule has 3 rings (SSSR count). The molecule has 1 saturated heterocycles. The summed E-state index contributed by atoms with van der Waals surface area (Å²) in [4.78, 5) is 61.5. The fraction of sp³-hybridized carbons (Fsp3) is 0.381. The molecule has 2 aliphatic rings. The van der Waals surface area contributed by atoms with Crippen molar-refractivity contribution in [3.63, 3.8) is 0 Å². The number of hydrogen-bond acceptors (Lipinski definition) is 6. The topological polar surface area (TPSA) is 110 Å². The minimum Gasteiger partial charge on any atom is -0.456 e. The van der Waals surface area contributed by atoms with Crippen molar-refractivity contribution in [1.82, 2.24) is 4.90 Å². The van der Waals surface area contributed by atoms with E-state index in [1.165, 1.54) is 26.0 Å². The monoisotopic (exact) mass is 416 g/mol. The highest BCUT2D eigenvalue weighted by Crippen LogP contribution is 2.36.